The van der Waals surface area contributed by atoms with Crippen molar-refractivity contribution in [3.05, 3.63) is 59.0 Å². The second-order valence-corrected chi connectivity index (χ2v) is 7.59. The van der Waals surface area contributed by atoms with Crippen molar-refractivity contribution in [2.75, 3.05) is 6.61 Å². The number of fused-ring (bicyclic) bond motifs is 2. The zero-order chi connectivity index (χ0) is 19.1. The molecule has 1 saturated heterocycles. The van der Waals surface area contributed by atoms with Gasteiger partial charge < -0.3 is 13.9 Å². The standard InChI is InChI=1S/C21H15NO5S/c23-20-14(19-22-15-4-1-2-6-18(15)28-19)10-12-7-8-13(11-17(12)27-20)26-21(24)16-5-3-9-25-16/h1-2,4,6-8,10-11,16H,3,5,9H2. The molecule has 5 rings (SSSR count). The molecule has 140 valence electrons. The van der Waals surface area contributed by atoms with Gasteiger partial charge in [-0.3, -0.25) is 0 Å². The Balaban J connectivity index is 1.49. The third-order valence-electron chi connectivity index (χ3n) is 4.64. The highest BCUT2D eigenvalue weighted by molar-refractivity contribution is 7.21. The summed E-state index contributed by atoms with van der Waals surface area (Å²) in [5.74, 6) is -0.103. The molecule has 1 fully saturated rings. The van der Waals surface area contributed by atoms with Crippen LogP contribution in [0.3, 0.4) is 0 Å². The molecule has 0 N–H and O–H groups in total. The summed E-state index contributed by atoms with van der Waals surface area (Å²) < 4.78 is 17.2. The lowest BCUT2D eigenvalue weighted by atomic mass is 10.2. The zero-order valence-corrected chi connectivity index (χ0v) is 15.5. The fourth-order valence-electron chi connectivity index (χ4n) is 3.24. The minimum Gasteiger partial charge on any atom is -0.424 e. The summed E-state index contributed by atoms with van der Waals surface area (Å²) in [4.78, 5) is 29.1. The Morgan fingerprint density at radius 2 is 2.07 bits per heavy atom. The zero-order valence-electron chi connectivity index (χ0n) is 14.7. The fourth-order valence-corrected chi connectivity index (χ4v) is 4.21. The maximum Gasteiger partial charge on any atom is 0.346 e. The van der Waals surface area contributed by atoms with E-state index in [1.165, 1.54) is 11.3 Å². The number of benzene rings is 2. The summed E-state index contributed by atoms with van der Waals surface area (Å²) in [6.07, 6.45) is 0.984. The van der Waals surface area contributed by atoms with E-state index in [0.717, 1.165) is 22.0 Å². The van der Waals surface area contributed by atoms with Crippen molar-refractivity contribution in [2.45, 2.75) is 18.9 Å². The van der Waals surface area contributed by atoms with Crippen LogP contribution in [0.25, 0.3) is 31.8 Å². The van der Waals surface area contributed by atoms with Crippen molar-refractivity contribution >= 4 is 38.5 Å². The fraction of sp³-hybridized carbons (Fsp3) is 0.190. The molecule has 0 bridgehead atoms. The van der Waals surface area contributed by atoms with Gasteiger partial charge in [-0.25, -0.2) is 14.6 Å². The van der Waals surface area contributed by atoms with Crippen LogP contribution >= 0.6 is 11.3 Å². The number of ether oxygens (including phenoxy) is 2. The monoisotopic (exact) mass is 393 g/mol. The predicted molar refractivity (Wildman–Crippen MR) is 106 cm³/mol. The molecule has 1 aliphatic heterocycles. The molecular formula is C21H15NO5S. The first kappa shape index (κ1) is 17.1. The molecule has 1 unspecified atom stereocenters. The van der Waals surface area contributed by atoms with Crippen LogP contribution in [0.1, 0.15) is 12.8 Å². The van der Waals surface area contributed by atoms with Crippen molar-refractivity contribution < 1.29 is 18.7 Å². The van der Waals surface area contributed by atoms with E-state index in [2.05, 4.69) is 4.98 Å². The third kappa shape index (κ3) is 3.08. The van der Waals surface area contributed by atoms with Gasteiger partial charge in [0.1, 0.15) is 16.3 Å². The van der Waals surface area contributed by atoms with E-state index in [1.807, 2.05) is 24.3 Å². The van der Waals surface area contributed by atoms with Gasteiger partial charge >= 0.3 is 11.6 Å². The number of nitrogens with zero attached hydrogens (tertiary/aromatic N) is 1. The van der Waals surface area contributed by atoms with Crippen LogP contribution < -0.4 is 10.4 Å². The summed E-state index contributed by atoms with van der Waals surface area (Å²) >= 11 is 1.44. The maximum absolute atomic E-state index is 12.5. The number of aromatic nitrogens is 1. The third-order valence-corrected chi connectivity index (χ3v) is 5.71. The van der Waals surface area contributed by atoms with Crippen molar-refractivity contribution in [1.29, 1.82) is 0 Å². The number of hydrogen-bond donors (Lipinski definition) is 0. The van der Waals surface area contributed by atoms with Crippen LogP contribution in [-0.4, -0.2) is 23.7 Å². The van der Waals surface area contributed by atoms with Crippen LogP contribution in [0.15, 0.2) is 57.7 Å². The maximum atomic E-state index is 12.5. The molecule has 4 aromatic rings. The molecule has 0 amide bonds. The normalized spacial score (nSPS) is 16.6. The van der Waals surface area contributed by atoms with Gasteiger partial charge in [-0.2, -0.15) is 0 Å². The average Bonchev–Trinajstić information content (AvgIpc) is 3.37. The highest BCUT2D eigenvalue weighted by atomic mass is 32.1. The first-order valence-corrected chi connectivity index (χ1v) is 9.76. The molecule has 6 nitrogen and oxygen atoms in total. The lowest BCUT2D eigenvalue weighted by molar-refractivity contribution is -0.144. The van der Waals surface area contributed by atoms with Crippen molar-refractivity contribution in [3.63, 3.8) is 0 Å². The van der Waals surface area contributed by atoms with E-state index in [-0.39, 0.29) is 0 Å². The molecule has 7 heteroatoms. The first-order chi connectivity index (χ1) is 13.7. The quantitative estimate of drug-likeness (QED) is 0.296. The molecular weight excluding hydrogens is 378 g/mol. The molecule has 0 radical (unpaired) electrons. The molecule has 2 aromatic heterocycles. The van der Waals surface area contributed by atoms with E-state index in [1.54, 1.807) is 24.3 Å². The van der Waals surface area contributed by atoms with Crippen LogP contribution in [0, 0.1) is 0 Å². The molecule has 1 aliphatic rings. The molecule has 0 aliphatic carbocycles. The number of carbonyl (C=O) groups is 1. The summed E-state index contributed by atoms with van der Waals surface area (Å²) in [5.41, 5.74) is 1.14. The Labute approximate surface area is 163 Å². The number of carbonyl (C=O) groups excluding carboxylic acids is 1. The lowest BCUT2D eigenvalue weighted by Gasteiger charge is -2.09. The van der Waals surface area contributed by atoms with E-state index in [0.29, 0.717) is 34.9 Å². The van der Waals surface area contributed by atoms with Crippen LogP contribution in [0.2, 0.25) is 0 Å². The van der Waals surface area contributed by atoms with Crippen LogP contribution in [0.5, 0.6) is 5.75 Å². The van der Waals surface area contributed by atoms with Gasteiger partial charge in [0, 0.05) is 18.1 Å². The topological polar surface area (TPSA) is 78.6 Å². The van der Waals surface area contributed by atoms with E-state index in [4.69, 9.17) is 13.9 Å². The Morgan fingerprint density at radius 3 is 2.89 bits per heavy atom. The van der Waals surface area contributed by atoms with E-state index < -0.39 is 17.7 Å². The summed E-state index contributed by atoms with van der Waals surface area (Å²) in [7, 11) is 0. The summed E-state index contributed by atoms with van der Waals surface area (Å²) in [6.45, 7) is 0.570. The number of esters is 1. The smallest absolute Gasteiger partial charge is 0.346 e. The van der Waals surface area contributed by atoms with Crippen LogP contribution in [0.4, 0.5) is 0 Å². The van der Waals surface area contributed by atoms with Crippen molar-refractivity contribution in [3.8, 4) is 16.3 Å². The van der Waals surface area contributed by atoms with Gasteiger partial charge in [0.15, 0.2) is 6.10 Å². The van der Waals surface area contributed by atoms with Crippen molar-refractivity contribution in [2.24, 2.45) is 0 Å². The number of rotatable bonds is 3. The minimum absolute atomic E-state index is 0.323. The SMILES string of the molecule is O=C(Oc1ccc2cc(-c3nc4ccccc4s3)c(=O)oc2c1)C1CCCO1. The second-order valence-electron chi connectivity index (χ2n) is 6.56. The lowest BCUT2D eigenvalue weighted by Crippen LogP contribution is -2.24. The molecule has 28 heavy (non-hydrogen) atoms. The minimum atomic E-state index is -0.524. The molecule has 3 heterocycles. The summed E-state index contributed by atoms with van der Waals surface area (Å²) in [6, 6.07) is 14.5. The summed E-state index contributed by atoms with van der Waals surface area (Å²) in [5, 5.41) is 1.34. The predicted octanol–water partition coefficient (Wildman–Crippen LogP) is 4.15. The molecule has 2 aromatic carbocycles. The molecule has 0 saturated carbocycles. The Kier molecular flexibility index (Phi) is 4.18. The highest BCUT2D eigenvalue weighted by Crippen LogP contribution is 2.30. The van der Waals surface area contributed by atoms with Crippen molar-refractivity contribution in [1.82, 2.24) is 4.98 Å². The van der Waals surface area contributed by atoms with E-state index >= 15 is 0 Å². The number of hydrogen-bond acceptors (Lipinski definition) is 7. The van der Waals surface area contributed by atoms with E-state index in [9.17, 15) is 9.59 Å². The molecule has 0 spiro atoms. The largest absolute Gasteiger partial charge is 0.424 e. The Bertz CT molecular complexity index is 1220. The number of thiazole rings is 1. The van der Waals surface area contributed by atoms with Gasteiger partial charge in [-0.1, -0.05) is 12.1 Å². The van der Waals surface area contributed by atoms with Gasteiger partial charge in [-0.15, -0.1) is 11.3 Å². The van der Waals surface area contributed by atoms with Crippen LogP contribution in [-0.2, 0) is 9.53 Å². The van der Waals surface area contributed by atoms with Gasteiger partial charge in [0.2, 0.25) is 0 Å². The van der Waals surface area contributed by atoms with Gasteiger partial charge in [0.25, 0.3) is 0 Å². The van der Waals surface area contributed by atoms with Gasteiger partial charge in [-0.05, 0) is 43.2 Å². The number of para-hydroxylation sites is 1. The average molecular weight is 393 g/mol. The van der Waals surface area contributed by atoms with Gasteiger partial charge in [0.05, 0.1) is 15.8 Å². The highest BCUT2D eigenvalue weighted by Gasteiger charge is 2.25. The Hall–Kier alpha value is -3.03. The Morgan fingerprint density at radius 1 is 1.18 bits per heavy atom. The second kappa shape index (κ2) is 6.85. The first-order valence-electron chi connectivity index (χ1n) is 8.94. The molecule has 1 atom stereocenters.